The van der Waals surface area contributed by atoms with Gasteiger partial charge < -0.3 is 29.9 Å². The zero-order chi connectivity index (χ0) is 31.2. The third-order valence-electron chi connectivity index (χ3n) is 8.63. The summed E-state index contributed by atoms with van der Waals surface area (Å²) < 4.78 is 12.2. The van der Waals surface area contributed by atoms with Crippen molar-refractivity contribution in [3.63, 3.8) is 0 Å². The fourth-order valence-corrected chi connectivity index (χ4v) is 5.99. The van der Waals surface area contributed by atoms with E-state index >= 15 is 0 Å². The molecule has 0 radical (unpaired) electrons. The first-order valence-corrected chi connectivity index (χ1v) is 15.6. The van der Waals surface area contributed by atoms with Crippen LogP contribution in [0.3, 0.4) is 0 Å². The van der Waals surface area contributed by atoms with E-state index in [4.69, 9.17) is 9.47 Å². The van der Waals surface area contributed by atoms with E-state index in [1.54, 1.807) is 18.3 Å². The molecule has 0 saturated carbocycles. The van der Waals surface area contributed by atoms with E-state index in [9.17, 15) is 14.4 Å². The van der Waals surface area contributed by atoms with Crippen molar-refractivity contribution >= 4 is 17.7 Å². The van der Waals surface area contributed by atoms with Gasteiger partial charge in [-0.05, 0) is 68.0 Å². The number of ether oxygens (including phenoxy) is 2. The number of rotatable bonds is 2. The van der Waals surface area contributed by atoms with Gasteiger partial charge in [-0.25, -0.2) is 0 Å². The van der Waals surface area contributed by atoms with Crippen LogP contribution in [0.2, 0.25) is 0 Å². The molecule has 2 atom stereocenters. The molecule has 6 bridgehead atoms. The van der Waals surface area contributed by atoms with Gasteiger partial charge in [0.15, 0.2) is 6.61 Å². The molecule has 11 heteroatoms. The smallest absolute Gasteiger partial charge is 0.258 e. The number of likely N-dealkylation sites (N-methyl/N-ethyl adjacent to an activating group) is 1. The normalized spacial score (nSPS) is 21.8. The van der Waals surface area contributed by atoms with Crippen molar-refractivity contribution in [1.82, 2.24) is 30.3 Å². The second-order valence-corrected chi connectivity index (χ2v) is 12.0. The summed E-state index contributed by atoms with van der Waals surface area (Å²) in [5.41, 5.74) is 2.86. The SMILES string of the molecule is CN1CCCN(CC(=O)N2CC[C@@H]3Oc4ccc(cc4)CNC(=O)COc4cccc(c4)-c4cncc(c4)C(=O)N[C@@H]3C2)CC1. The lowest BCUT2D eigenvalue weighted by Crippen LogP contribution is -2.59. The number of fused-ring (bicyclic) bond motifs is 7. The monoisotopic (exact) mass is 612 g/mol. The van der Waals surface area contributed by atoms with Gasteiger partial charge in [0, 0.05) is 57.1 Å². The van der Waals surface area contributed by atoms with Crippen molar-refractivity contribution in [3.8, 4) is 22.6 Å². The standard InChI is InChI=1S/C34H40N6O5/c1-38-11-3-12-39(15-14-38)22-33(42)40-13-10-31-30(21-40)37-34(43)27-16-26(19-35-20-27)25-4-2-5-29(17-25)44-23-32(41)36-18-24-6-8-28(45-31)9-7-24/h2,4-9,16-17,19-20,30-31H,3,10-15,18,21-23H2,1H3,(H,36,41)(H,37,43)/t30-,31+/m1/s1. The minimum absolute atomic E-state index is 0.0656. The average Bonchev–Trinajstić information content (AvgIpc) is 3.27. The van der Waals surface area contributed by atoms with Crippen LogP contribution in [0.5, 0.6) is 11.5 Å². The van der Waals surface area contributed by atoms with Gasteiger partial charge in [-0.15, -0.1) is 0 Å². The molecule has 45 heavy (non-hydrogen) atoms. The fraction of sp³-hybridized carbons (Fsp3) is 0.412. The lowest BCUT2D eigenvalue weighted by molar-refractivity contribution is -0.135. The largest absolute Gasteiger partial charge is 0.488 e. The second kappa shape index (κ2) is 14.1. The summed E-state index contributed by atoms with van der Waals surface area (Å²) in [6.45, 7) is 5.23. The number of pyridine rings is 1. The molecule has 4 aliphatic heterocycles. The van der Waals surface area contributed by atoms with Crippen LogP contribution < -0.4 is 20.1 Å². The van der Waals surface area contributed by atoms with E-state index < -0.39 is 6.04 Å². The van der Waals surface area contributed by atoms with Crippen LogP contribution in [-0.4, -0.2) is 109 Å². The van der Waals surface area contributed by atoms with Crippen LogP contribution in [0.15, 0.2) is 67.0 Å². The molecule has 2 fully saturated rings. The number of likely N-dealkylation sites (tertiary alicyclic amines) is 1. The summed E-state index contributed by atoms with van der Waals surface area (Å²) in [6.07, 6.45) is 4.49. The highest BCUT2D eigenvalue weighted by molar-refractivity contribution is 5.95. The first-order chi connectivity index (χ1) is 21.9. The maximum absolute atomic E-state index is 13.7. The van der Waals surface area contributed by atoms with Crippen LogP contribution in [0.25, 0.3) is 11.1 Å². The van der Waals surface area contributed by atoms with E-state index in [1.165, 1.54) is 6.20 Å². The van der Waals surface area contributed by atoms with Gasteiger partial charge in [-0.2, -0.15) is 0 Å². The zero-order valence-electron chi connectivity index (χ0n) is 25.6. The number of aromatic nitrogens is 1. The van der Waals surface area contributed by atoms with Crippen LogP contribution in [-0.2, 0) is 16.1 Å². The van der Waals surface area contributed by atoms with Crippen LogP contribution >= 0.6 is 0 Å². The van der Waals surface area contributed by atoms with Gasteiger partial charge in [-0.3, -0.25) is 24.3 Å². The van der Waals surface area contributed by atoms with Crippen molar-refractivity contribution in [2.75, 3.05) is 59.5 Å². The number of piperidine rings is 1. The molecule has 0 aliphatic carbocycles. The number of hydrogen-bond acceptors (Lipinski definition) is 8. The Morgan fingerprint density at radius 1 is 0.933 bits per heavy atom. The van der Waals surface area contributed by atoms with Crippen molar-refractivity contribution in [2.45, 2.75) is 31.5 Å². The quantitative estimate of drug-likeness (QED) is 0.453. The van der Waals surface area contributed by atoms with Crippen LogP contribution in [0, 0.1) is 0 Å². The Morgan fingerprint density at radius 3 is 2.64 bits per heavy atom. The van der Waals surface area contributed by atoms with E-state index in [1.807, 2.05) is 47.4 Å². The fourth-order valence-electron chi connectivity index (χ4n) is 5.99. The highest BCUT2D eigenvalue weighted by Crippen LogP contribution is 2.25. The summed E-state index contributed by atoms with van der Waals surface area (Å²) in [7, 11) is 2.11. The molecular formula is C34H40N6O5. The van der Waals surface area contributed by atoms with Crippen LogP contribution in [0.4, 0.5) is 0 Å². The molecule has 2 N–H and O–H groups in total. The molecular weight excluding hydrogens is 572 g/mol. The lowest BCUT2D eigenvalue weighted by Gasteiger charge is -2.39. The summed E-state index contributed by atoms with van der Waals surface area (Å²) in [6, 6.07) is 16.2. The molecule has 3 aromatic rings. The highest BCUT2D eigenvalue weighted by Gasteiger charge is 2.35. The average molecular weight is 613 g/mol. The van der Waals surface area contributed by atoms with Gasteiger partial charge in [0.2, 0.25) is 5.91 Å². The molecule has 3 amide bonds. The van der Waals surface area contributed by atoms with Gasteiger partial charge in [0.25, 0.3) is 11.8 Å². The molecule has 2 saturated heterocycles. The first-order valence-electron chi connectivity index (χ1n) is 15.6. The van der Waals surface area contributed by atoms with Crippen molar-refractivity contribution in [2.24, 2.45) is 0 Å². The zero-order valence-corrected chi connectivity index (χ0v) is 25.6. The Morgan fingerprint density at radius 2 is 1.78 bits per heavy atom. The third kappa shape index (κ3) is 7.98. The minimum Gasteiger partial charge on any atom is -0.488 e. The van der Waals surface area contributed by atoms with Gasteiger partial charge in [0.1, 0.15) is 17.6 Å². The molecule has 2 aromatic carbocycles. The van der Waals surface area contributed by atoms with E-state index in [0.717, 1.165) is 49.3 Å². The Kier molecular flexibility index (Phi) is 9.56. The molecule has 1 aromatic heterocycles. The summed E-state index contributed by atoms with van der Waals surface area (Å²) in [5.74, 6) is 0.735. The van der Waals surface area contributed by atoms with Gasteiger partial charge in [0.05, 0.1) is 18.2 Å². The molecule has 7 rings (SSSR count). The molecule has 0 spiro atoms. The van der Waals surface area contributed by atoms with E-state index in [0.29, 0.717) is 49.7 Å². The topological polar surface area (TPSA) is 116 Å². The molecule has 4 aliphatic rings. The van der Waals surface area contributed by atoms with Crippen molar-refractivity contribution in [1.29, 1.82) is 0 Å². The molecule has 236 valence electrons. The summed E-state index contributed by atoms with van der Waals surface area (Å²) in [5, 5.41) is 6.06. The first kappa shape index (κ1) is 30.5. The van der Waals surface area contributed by atoms with Gasteiger partial charge >= 0.3 is 0 Å². The second-order valence-electron chi connectivity index (χ2n) is 12.0. The highest BCUT2D eigenvalue weighted by atomic mass is 16.5. The Hall–Kier alpha value is -4.48. The minimum atomic E-state index is -0.435. The van der Waals surface area contributed by atoms with Gasteiger partial charge in [-0.1, -0.05) is 24.3 Å². The molecule has 11 nitrogen and oxygen atoms in total. The number of carbonyl (C=O) groups is 3. The number of carbonyl (C=O) groups excluding carboxylic acids is 3. The Bertz CT molecular complexity index is 1510. The Balaban J connectivity index is 1.24. The molecule has 0 unspecified atom stereocenters. The number of nitrogens with zero attached hydrogens (tertiary/aromatic N) is 4. The Labute approximate surface area is 263 Å². The summed E-state index contributed by atoms with van der Waals surface area (Å²) in [4.78, 5) is 50.3. The predicted molar refractivity (Wildman–Crippen MR) is 169 cm³/mol. The van der Waals surface area contributed by atoms with E-state index in [-0.39, 0.29) is 30.4 Å². The van der Waals surface area contributed by atoms with Crippen LogP contribution in [0.1, 0.15) is 28.8 Å². The lowest BCUT2D eigenvalue weighted by atomic mass is 10.0. The number of amides is 3. The number of hydrogen-bond donors (Lipinski definition) is 2. The van der Waals surface area contributed by atoms with Crippen molar-refractivity contribution < 1.29 is 23.9 Å². The van der Waals surface area contributed by atoms with Crippen molar-refractivity contribution in [3.05, 3.63) is 78.1 Å². The predicted octanol–water partition coefficient (Wildman–Crippen LogP) is 2.17. The maximum Gasteiger partial charge on any atom is 0.258 e. The molecule has 5 heterocycles. The maximum atomic E-state index is 13.7. The van der Waals surface area contributed by atoms with E-state index in [2.05, 4.69) is 32.5 Å². The number of nitrogens with one attached hydrogen (secondary N) is 2. The number of benzene rings is 2. The third-order valence-corrected chi connectivity index (χ3v) is 8.63. The summed E-state index contributed by atoms with van der Waals surface area (Å²) >= 11 is 0.